The molecule has 0 aliphatic heterocycles. The van der Waals surface area contributed by atoms with Gasteiger partial charge in [-0.3, -0.25) is 14.4 Å². The van der Waals surface area contributed by atoms with Gasteiger partial charge >= 0.3 is 11.8 Å². The average molecular weight is 676 g/mol. The monoisotopic (exact) mass is 674 g/mol. The number of halogens is 2. The summed E-state index contributed by atoms with van der Waals surface area (Å²) in [7, 11) is 1.45. The third-order valence-corrected chi connectivity index (χ3v) is 6.69. The number of nitrogens with one attached hydrogen (secondary N) is 3. The molecule has 0 fully saturated rings. The van der Waals surface area contributed by atoms with Gasteiger partial charge in [0.05, 0.1) is 24.4 Å². The fourth-order valence-electron chi connectivity index (χ4n) is 3.27. The van der Waals surface area contributed by atoms with Gasteiger partial charge < -0.3 is 24.8 Å². The van der Waals surface area contributed by atoms with Crippen LogP contribution in [0.2, 0.25) is 0 Å². The second kappa shape index (κ2) is 15.0. The molecule has 0 aromatic heterocycles. The smallest absolute Gasteiger partial charge is 0.329 e. The molecule has 0 atom stereocenters. The Bertz CT molecular complexity index is 1400. The lowest BCUT2D eigenvalue weighted by Gasteiger charge is -2.14. The fraction of sp³-hybridized carbons (Fsp3) is 0.214. The van der Waals surface area contributed by atoms with E-state index in [1.807, 2.05) is 26.0 Å². The van der Waals surface area contributed by atoms with Crippen molar-refractivity contribution >= 4 is 67.2 Å². The van der Waals surface area contributed by atoms with Crippen molar-refractivity contribution < 1.29 is 28.6 Å². The first-order valence-corrected chi connectivity index (χ1v) is 13.7. The zero-order valence-corrected chi connectivity index (χ0v) is 25.2. The van der Waals surface area contributed by atoms with E-state index in [0.29, 0.717) is 45.3 Å². The van der Waals surface area contributed by atoms with Gasteiger partial charge in [-0.25, -0.2) is 5.43 Å². The zero-order valence-electron chi connectivity index (χ0n) is 22.0. The number of carbonyl (C=O) groups is 3. The second-order valence-corrected chi connectivity index (χ2v) is 10.1. The van der Waals surface area contributed by atoms with Crippen molar-refractivity contribution in [1.29, 1.82) is 0 Å². The Morgan fingerprint density at radius 2 is 1.62 bits per heavy atom. The van der Waals surface area contributed by atoms with E-state index in [4.69, 9.17) is 14.2 Å². The summed E-state index contributed by atoms with van der Waals surface area (Å²) in [5, 5.41) is 9.12. The molecule has 210 valence electrons. The summed E-state index contributed by atoms with van der Waals surface area (Å²) in [5.41, 5.74) is 4.80. The molecule has 0 bridgehead atoms. The number of aryl methyl sites for hydroxylation is 1. The first-order chi connectivity index (χ1) is 19.2. The van der Waals surface area contributed by atoms with Crippen molar-refractivity contribution in [3.8, 4) is 17.2 Å². The van der Waals surface area contributed by atoms with Gasteiger partial charge in [-0.1, -0.05) is 22.9 Å². The van der Waals surface area contributed by atoms with Crippen LogP contribution in [0.3, 0.4) is 0 Å². The Morgan fingerprint density at radius 3 is 2.30 bits per heavy atom. The van der Waals surface area contributed by atoms with Crippen molar-refractivity contribution in [2.24, 2.45) is 5.10 Å². The number of hydrazone groups is 1. The van der Waals surface area contributed by atoms with Gasteiger partial charge in [0.2, 0.25) is 0 Å². The lowest BCUT2D eigenvalue weighted by Crippen LogP contribution is -2.32. The summed E-state index contributed by atoms with van der Waals surface area (Å²) in [6.45, 7) is 4.27. The Balaban J connectivity index is 1.54. The van der Waals surface area contributed by atoms with Gasteiger partial charge in [-0.2, -0.15) is 5.10 Å². The minimum absolute atomic E-state index is 0.253. The molecule has 40 heavy (non-hydrogen) atoms. The maximum atomic E-state index is 12.4. The van der Waals surface area contributed by atoms with Crippen molar-refractivity contribution in [3.63, 3.8) is 0 Å². The molecule has 10 nitrogen and oxygen atoms in total. The maximum Gasteiger partial charge on any atom is 0.329 e. The number of hydrogen-bond acceptors (Lipinski definition) is 7. The van der Waals surface area contributed by atoms with E-state index in [1.54, 1.807) is 42.5 Å². The first-order valence-electron chi connectivity index (χ1n) is 12.1. The summed E-state index contributed by atoms with van der Waals surface area (Å²) in [4.78, 5) is 36.7. The third kappa shape index (κ3) is 9.09. The minimum Gasteiger partial charge on any atom is -0.494 e. The number of ether oxygens (including phenoxy) is 3. The molecule has 0 heterocycles. The van der Waals surface area contributed by atoms with Crippen molar-refractivity contribution in [2.45, 2.75) is 20.3 Å². The Morgan fingerprint density at radius 1 is 0.900 bits per heavy atom. The second-order valence-electron chi connectivity index (χ2n) is 8.36. The van der Waals surface area contributed by atoms with E-state index in [2.05, 4.69) is 53.0 Å². The number of nitrogens with zero attached hydrogens (tertiary/aromatic N) is 1. The van der Waals surface area contributed by atoms with Crippen LogP contribution in [0.1, 0.15) is 24.5 Å². The summed E-state index contributed by atoms with van der Waals surface area (Å²) >= 11 is 6.84. The number of rotatable bonds is 11. The maximum absolute atomic E-state index is 12.4. The SMILES string of the molecule is CCCOc1ccc(NC(=O)C(=O)N/N=C\c2cc(Br)c(OCC(=O)Nc3ccc(Br)c(C)c3)c(OC)c2)cc1. The normalized spacial score (nSPS) is 10.6. The van der Waals surface area contributed by atoms with Crippen LogP contribution in [0.15, 0.2) is 68.6 Å². The van der Waals surface area contributed by atoms with Gasteiger partial charge in [0.25, 0.3) is 5.91 Å². The molecule has 0 aliphatic carbocycles. The van der Waals surface area contributed by atoms with E-state index >= 15 is 0 Å². The number of hydrogen-bond donors (Lipinski definition) is 3. The molecule has 3 aromatic carbocycles. The molecule has 0 saturated carbocycles. The van der Waals surface area contributed by atoms with E-state index in [1.165, 1.54) is 13.3 Å². The lowest BCUT2D eigenvalue weighted by molar-refractivity contribution is -0.136. The molecule has 3 amide bonds. The summed E-state index contributed by atoms with van der Waals surface area (Å²) in [6.07, 6.45) is 2.22. The van der Waals surface area contributed by atoms with Crippen LogP contribution >= 0.6 is 31.9 Å². The number of benzene rings is 3. The fourth-order valence-corrected chi connectivity index (χ4v) is 4.09. The predicted octanol–water partition coefficient (Wildman–Crippen LogP) is 5.42. The molecule has 3 rings (SSSR count). The largest absolute Gasteiger partial charge is 0.494 e. The molecule has 0 saturated heterocycles. The highest BCUT2D eigenvalue weighted by Crippen LogP contribution is 2.36. The van der Waals surface area contributed by atoms with Crippen LogP contribution in [0.25, 0.3) is 0 Å². The van der Waals surface area contributed by atoms with Gasteiger partial charge in [0.1, 0.15) is 5.75 Å². The van der Waals surface area contributed by atoms with E-state index < -0.39 is 11.8 Å². The molecule has 12 heteroatoms. The number of anilines is 2. The van der Waals surface area contributed by atoms with Gasteiger partial charge in [0, 0.05) is 15.8 Å². The molecule has 0 spiro atoms. The Hall–Kier alpha value is -3.90. The van der Waals surface area contributed by atoms with Crippen LogP contribution in [-0.4, -0.2) is 44.3 Å². The van der Waals surface area contributed by atoms with Crippen molar-refractivity contribution in [2.75, 3.05) is 31.0 Å². The van der Waals surface area contributed by atoms with Gasteiger partial charge in [-0.15, -0.1) is 0 Å². The van der Waals surface area contributed by atoms with Crippen LogP contribution < -0.4 is 30.3 Å². The Kier molecular flexibility index (Phi) is 11.5. The number of amides is 3. The van der Waals surface area contributed by atoms with Gasteiger partial charge in [0.15, 0.2) is 18.1 Å². The topological polar surface area (TPSA) is 127 Å². The highest BCUT2D eigenvalue weighted by Gasteiger charge is 2.15. The van der Waals surface area contributed by atoms with E-state index in [9.17, 15) is 14.4 Å². The van der Waals surface area contributed by atoms with E-state index in [0.717, 1.165) is 16.5 Å². The van der Waals surface area contributed by atoms with Crippen LogP contribution in [0.5, 0.6) is 17.2 Å². The molecule has 0 radical (unpaired) electrons. The molecule has 0 aliphatic rings. The Labute approximate surface area is 248 Å². The quantitative estimate of drug-likeness (QED) is 0.141. The van der Waals surface area contributed by atoms with Crippen molar-refractivity contribution in [3.05, 3.63) is 74.7 Å². The van der Waals surface area contributed by atoms with E-state index in [-0.39, 0.29) is 12.5 Å². The minimum atomic E-state index is -0.944. The average Bonchev–Trinajstić information content (AvgIpc) is 2.93. The molecular formula is C28H28Br2N4O6. The van der Waals surface area contributed by atoms with Crippen LogP contribution in [0, 0.1) is 6.92 Å². The lowest BCUT2D eigenvalue weighted by atomic mass is 10.2. The molecular weight excluding hydrogens is 648 g/mol. The molecule has 0 unspecified atom stereocenters. The number of carbonyl (C=O) groups excluding carboxylic acids is 3. The summed E-state index contributed by atoms with van der Waals surface area (Å²) < 4.78 is 18.0. The third-order valence-electron chi connectivity index (χ3n) is 5.21. The standard InChI is InChI=1S/C28H28Br2N4O6/c1-4-11-39-21-8-5-19(6-9-21)33-27(36)28(37)34-31-15-18-13-23(30)26(24(14-18)38-3)40-16-25(35)32-20-7-10-22(29)17(2)12-20/h5-10,12-15H,4,11,16H2,1-3H3,(H,32,35)(H,33,36)(H,34,37)/b31-15-. The molecule has 3 aromatic rings. The highest BCUT2D eigenvalue weighted by atomic mass is 79.9. The summed E-state index contributed by atoms with van der Waals surface area (Å²) in [6, 6.07) is 15.4. The van der Waals surface area contributed by atoms with Crippen LogP contribution in [-0.2, 0) is 14.4 Å². The summed E-state index contributed by atoms with van der Waals surface area (Å²) in [5.74, 6) is -0.845. The van der Waals surface area contributed by atoms with Gasteiger partial charge in [-0.05, 0) is 95.0 Å². The van der Waals surface area contributed by atoms with Crippen LogP contribution in [0.4, 0.5) is 11.4 Å². The highest BCUT2D eigenvalue weighted by molar-refractivity contribution is 9.10. The molecule has 3 N–H and O–H groups in total. The first kappa shape index (κ1) is 30.6. The predicted molar refractivity (Wildman–Crippen MR) is 160 cm³/mol. The zero-order chi connectivity index (χ0) is 29.1. The number of methoxy groups -OCH3 is 1. The van der Waals surface area contributed by atoms with Crippen molar-refractivity contribution in [1.82, 2.24) is 5.43 Å².